The Bertz CT molecular complexity index is 706. The summed E-state index contributed by atoms with van der Waals surface area (Å²) in [4.78, 5) is 8.79. The molecule has 8 heteroatoms. The third kappa shape index (κ3) is 2.39. The highest BCUT2D eigenvalue weighted by Crippen LogP contribution is 2.28. The predicted octanol–water partition coefficient (Wildman–Crippen LogP) is 2.00. The van der Waals surface area contributed by atoms with Gasteiger partial charge in [0.25, 0.3) is 5.22 Å². The lowest BCUT2D eigenvalue weighted by atomic mass is 10.6. The zero-order chi connectivity index (χ0) is 13.2. The van der Waals surface area contributed by atoms with Crippen molar-refractivity contribution >= 4 is 23.2 Å². The number of nitrogens with one attached hydrogen (secondary N) is 1. The van der Waals surface area contributed by atoms with Crippen LogP contribution in [0.3, 0.4) is 0 Å². The average Bonchev–Trinajstić information content (AvgIpc) is 2.99. The maximum Gasteiger partial charge on any atom is 0.283 e. The van der Waals surface area contributed by atoms with Gasteiger partial charge in [-0.3, -0.25) is 0 Å². The molecule has 98 valence electrons. The monoisotopic (exact) mass is 276 g/mol. The van der Waals surface area contributed by atoms with Gasteiger partial charge in [-0.1, -0.05) is 0 Å². The van der Waals surface area contributed by atoms with Gasteiger partial charge < -0.3 is 14.1 Å². The third-order valence-corrected chi connectivity index (χ3v) is 3.20. The van der Waals surface area contributed by atoms with Crippen LogP contribution in [0.5, 0.6) is 0 Å². The second-order valence-corrected chi connectivity index (χ2v) is 4.75. The highest BCUT2D eigenvalue weighted by Gasteiger charge is 2.12. The highest BCUT2D eigenvalue weighted by atomic mass is 32.2. The van der Waals surface area contributed by atoms with Crippen molar-refractivity contribution < 1.29 is 4.42 Å². The first-order valence-electron chi connectivity index (χ1n) is 5.82. The number of hydrogen-bond donors (Lipinski definition) is 1. The van der Waals surface area contributed by atoms with Gasteiger partial charge in [0.15, 0.2) is 10.7 Å². The van der Waals surface area contributed by atoms with Gasteiger partial charge in [-0.2, -0.15) is 0 Å². The summed E-state index contributed by atoms with van der Waals surface area (Å²) in [5.41, 5.74) is 0.766. The lowest BCUT2D eigenvalue weighted by Gasteiger charge is -2.06. The van der Waals surface area contributed by atoms with Crippen molar-refractivity contribution in [3.63, 3.8) is 0 Å². The minimum atomic E-state index is 0.462. The van der Waals surface area contributed by atoms with Crippen molar-refractivity contribution in [2.24, 2.45) is 0 Å². The fourth-order valence-corrected chi connectivity index (χ4v) is 2.44. The molecule has 0 spiro atoms. The zero-order valence-corrected chi connectivity index (χ0v) is 11.3. The van der Waals surface area contributed by atoms with E-state index in [4.69, 9.17) is 4.42 Å². The highest BCUT2D eigenvalue weighted by molar-refractivity contribution is 7.99. The predicted molar refractivity (Wildman–Crippen MR) is 70.3 cm³/mol. The number of imidazole rings is 1. The van der Waals surface area contributed by atoms with Gasteiger partial charge in [-0.15, -0.1) is 10.2 Å². The van der Waals surface area contributed by atoms with Crippen molar-refractivity contribution in [3.05, 3.63) is 24.5 Å². The fourth-order valence-electron chi connectivity index (χ4n) is 1.64. The lowest BCUT2D eigenvalue weighted by molar-refractivity contribution is 0.429. The van der Waals surface area contributed by atoms with E-state index >= 15 is 0 Å². The molecule has 0 radical (unpaired) electrons. The lowest BCUT2D eigenvalue weighted by Crippen LogP contribution is -2.02. The SMILES string of the molecule is CCNc1cn2ccnc2c(Sc2nnc(C)o2)n1. The molecule has 0 saturated heterocycles. The minimum Gasteiger partial charge on any atom is -0.416 e. The van der Waals surface area contributed by atoms with E-state index in [9.17, 15) is 0 Å². The first-order chi connectivity index (χ1) is 9.26. The number of fused-ring (bicyclic) bond motifs is 1. The Kier molecular flexibility index (Phi) is 3.08. The molecule has 7 nitrogen and oxygen atoms in total. The van der Waals surface area contributed by atoms with Gasteiger partial charge in [0.05, 0.1) is 6.20 Å². The summed E-state index contributed by atoms with van der Waals surface area (Å²) in [7, 11) is 0. The molecule has 3 aromatic heterocycles. The van der Waals surface area contributed by atoms with Crippen LogP contribution in [0.4, 0.5) is 5.82 Å². The van der Waals surface area contributed by atoms with Gasteiger partial charge in [0.1, 0.15) is 5.82 Å². The molecular formula is C11H12N6OS. The molecule has 1 N–H and O–H groups in total. The van der Waals surface area contributed by atoms with Crippen LogP contribution in [0.15, 0.2) is 33.3 Å². The van der Waals surface area contributed by atoms with Crippen LogP contribution in [0.1, 0.15) is 12.8 Å². The zero-order valence-electron chi connectivity index (χ0n) is 10.5. The molecule has 3 aromatic rings. The average molecular weight is 276 g/mol. The van der Waals surface area contributed by atoms with Crippen LogP contribution in [-0.4, -0.2) is 31.1 Å². The Morgan fingerprint density at radius 2 is 2.32 bits per heavy atom. The van der Waals surface area contributed by atoms with E-state index in [1.165, 1.54) is 11.8 Å². The molecule has 0 aliphatic heterocycles. The van der Waals surface area contributed by atoms with Gasteiger partial charge in [0.2, 0.25) is 5.89 Å². The Morgan fingerprint density at radius 1 is 1.42 bits per heavy atom. The molecule has 0 amide bonds. The summed E-state index contributed by atoms with van der Waals surface area (Å²) in [5.74, 6) is 1.32. The fraction of sp³-hybridized carbons (Fsp3) is 0.273. The second kappa shape index (κ2) is 4.88. The van der Waals surface area contributed by atoms with E-state index < -0.39 is 0 Å². The van der Waals surface area contributed by atoms with Gasteiger partial charge in [0, 0.05) is 25.9 Å². The first-order valence-corrected chi connectivity index (χ1v) is 6.63. The summed E-state index contributed by atoms with van der Waals surface area (Å²) in [5, 5.41) is 12.1. The normalized spacial score (nSPS) is 11.1. The number of aryl methyl sites for hydroxylation is 1. The molecule has 0 aromatic carbocycles. The van der Waals surface area contributed by atoms with Crippen LogP contribution in [0.2, 0.25) is 0 Å². The van der Waals surface area contributed by atoms with Crippen molar-refractivity contribution in [2.75, 3.05) is 11.9 Å². The third-order valence-electron chi connectivity index (χ3n) is 2.39. The topological polar surface area (TPSA) is 81.1 Å². The molecule has 3 rings (SSSR count). The van der Waals surface area contributed by atoms with E-state index in [-0.39, 0.29) is 0 Å². The molecule has 0 saturated carbocycles. The largest absolute Gasteiger partial charge is 0.416 e. The molecule has 0 aliphatic carbocycles. The van der Waals surface area contributed by atoms with Gasteiger partial charge in [-0.25, -0.2) is 9.97 Å². The number of nitrogens with zero attached hydrogens (tertiary/aromatic N) is 5. The first kappa shape index (κ1) is 12.0. The van der Waals surface area contributed by atoms with E-state index in [2.05, 4.69) is 25.5 Å². The number of anilines is 1. The summed E-state index contributed by atoms with van der Waals surface area (Å²) >= 11 is 1.31. The van der Waals surface area contributed by atoms with E-state index in [0.29, 0.717) is 11.1 Å². The molecule has 19 heavy (non-hydrogen) atoms. The summed E-state index contributed by atoms with van der Waals surface area (Å²) in [6.07, 6.45) is 5.51. The molecule has 0 atom stereocenters. The van der Waals surface area contributed by atoms with E-state index in [1.54, 1.807) is 13.1 Å². The Morgan fingerprint density at radius 3 is 3.05 bits per heavy atom. The van der Waals surface area contributed by atoms with Crippen molar-refractivity contribution in [1.29, 1.82) is 0 Å². The molecule has 0 bridgehead atoms. The Labute approximate surface area is 113 Å². The van der Waals surface area contributed by atoms with Crippen LogP contribution in [0, 0.1) is 6.92 Å². The number of hydrogen-bond acceptors (Lipinski definition) is 7. The maximum atomic E-state index is 5.36. The number of rotatable bonds is 4. The Balaban J connectivity index is 2.02. The van der Waals surface area contributed by atoms with Crippen molar-refractivity contribution in [2.45, 2.75) is 24.1 Å². The molecule has 3 heterocycles. The van der Waals surface area contributed by atoms with Crippen LogP contribution in [0.25, 0.3) is 5.65 Å². The Hall–Kier alpha value is -2.09. The van der Waals surface area contributed by atoms with E-state index in [1.807, 2.05) is 23.7 Å². The van der Waals surface area contributed by atoms with Crippen molar-refractivity contribution in [1.82, 2.24) is 24.6 Å². The summed E-state index contributed by atoms with van der Waals surface area (Å²) in [6.45, 7) is 4.58. The maximum absolute atomic E-state index is 5.36. The smallest absolute Gasteiger partial charge is 0.283 e. The molecule has 0 unspecified atom stereocenters. The molecule has 0 fully saturated rings. The van der Waals surface area contributed by atoms with E-state index in [0.717, 1.165) is 23.0 Å². The standard InChI is InChI=1S/C11H12N6OS/c1-3-12-8-6-17-5-4-13-9(17)10(14-8)19-11-16-15-7(2)18-11/h4-6,12H,3H2,1-2H3. The second-order valence-electron chi connectivity index (χ2n) is 3.81. The minimum absolute atomic E-state index is 0.462. The van der Waals surface area contributed by atoms with Crippen LogP contribution >= 0.6 is 11.8 Å². The van der Waals surface area contributed by atoms with Gasteiger partial charge in [-0.05, 0) is 18.7 Å². The molecular weight excluding hydrogens is 264 g/mol. The quantitative estimate of drug-likeness (QED) is 0.780. The summed E-state index contributed by atoms with van der Waals surface area (Å²) in [6, 6.07) is 0. The van der Waals surface area contributed by atoms with Crippen molar-refractivity contribution in [3.8, 4) is 0 Å². The van der Waals surface area contributed by atoms with Crippen LogP contribution in [-0.2, 0) is 0 Å². The van der Waals surface area contributed by atoms with Gasteiger partial charge >= 0.3 is 0 Å². The molecule has 0 aliphatic rings. The summed E-state index contributed by atoms with van der Waals surface area (Å²) < 4.78 is 7.27. The van der Waals surface area contributed by atoms with Crippen LogP contribution < -0.4 is 5.32 Å². The number of aromatic nitrogens is 5.